The number of aliphatic hydroxyl groups is 1. The van der Waals surface area contributed by atoms with Crippen LogP contribution in [0.2, 0.25) is 0 Å². The molecule has 25 heavy (non-hydrogen) atoms. The summed E-state index contributed by atoms with van der Waals surface area (Å²) in [5, 5.41) is 16.8. The second-order valence-corrected chi connectivity index (χ2v) is 6.03. The zero-order valence-electron chi connectivity index (χ0n) is 13.6. The number of amides is 1. The van der Waals surface area contributed by atoms with Gasteiger partial charge in [-0.05, 0) is 12.1 Å². The summed E-state index contributed by atoms with van der Waals surface area (Å²) in [5.74, 6) is 1.61. The Kier molecular flexibility index (Phi) is 4.19. The lowest BCUT2D eigenvalue weighted by Crippen LogP contribution is -2.51. The molecule has 2 aromatic rings. The third-order valence-electron chi connectivity index (χ3n) is 4.36. The molecule has 1 aromatic carbocycles. The van der Waals surface area contributed by atoms with Gasteiger partial charge in [-0.15, -0.1) is 0 Å². The molecule has 0 unspecified atom stereocenters. The molecule has 0 saturated carbocycles. The van der Waals surface area contributed by atoms with Crippen LogP contribution in [0.15, 0.2) is 30.6 Å². The zero-order valence-corrected chi connectivity index (χ0v) is 13.6. The van der Waals surface area contributed by atoms with Crippen molar-refractivity contribution in [2.45, 2.75) is 18.6 Å². The standard InChI is InChI=1S/C17H19N3O5/c21-12-10-20(17(22)11-8-18-19-9-11)5-4-13(12)25-15-3-1-2-14-16(15)24-7-6-23-14/h1-3,8-9,12-13,21H,4-7,10H2,(H,18,19)/t12-,13-/m1/s1. The van der Waals surface area contributed by atoms with Crippen molar-refractivity contribution in [2.75, 3.05) is 26.3 Å². The first kappa shape index (κ1) is 15.8. The average Bonchev–Trinajstić information content (AvgIpc) is 3.18. The van der Waals surface area contributed by atoms with Crippen molar-refractivity contribution in [3.05, 3.63) is 36.2 Å². The van der Waals surface area contributed by atoms with Crippen molar-refractivity contribution in [2.24, 2.45) is 0 Å². The number of H-pyrrole nitrogens is 1. The van der Waals surface area contributed by atoms with Gasteiger partial charge in [0.1, 0.15) is 25.4 Å². The maximum atomic E-state index is 12.3. The number of aromatic amines is 1. The lowest BCUT2D eigenvalue weighted by Gasteiger charge is -2.36. The summed E-state index contributed by atoms with van der Waals surface area (Å²) in [6.07, 6.45) is 2.35. The number of rotatable bonds is 3. The number of hydrogen-bond donors (Lipinski definition) is 2. The van der Waals surface area contributed by atoms with Gasteiger partial charge in [0.15, 0.2) is 11.5 Å². The Morgan fingerprint density at radius 2 is 2.24 bits per heavy atom. The number of aliphatic hydroxyl groups excluding tert-OH is 1. The Morgan fingerprint density at radius 1 is 1.36 bits per heavy atom. The highest BCUT2D eigenvalue weighted by atomic mass is 16.6. The van der Waals surface area contributed by atoms with Crippen LogP contribution in [0.4, 0.5) is 0 Å². The lowest BCUT2D eigenvalue weighted by molar-refractivity contribution is -0.0214. The van der Waals surface area contributed by atoms with E-state index in [0.29, 0.717) is 49.0 Å². The summed E-state index contributed by atoms with van der Waals surface area (Å²) in [6.45, 7) is 1.68. The van der Waals surface area contributed by atoms with Gasteiger partial charge >= 0.3 is 0 Å². The number of likely N-dealkylation sites (tertiary alicyclic amines) is 1. The fourth-order valence-corrected chi connectivity index (χ4v) is 3.09. The third-order valence-corrected chi connectivity index (χ3v) is 4.36. The number of aromatic nitrogens is 2. The number of β-amino-alcohol motifs (C(OH)–C–C–N with tert-alkyl or cyclic N) is 1. The summed E-state index contributed by atoms with van der Waals surface area (Å²) >= 11 is 0. The van der Waals surface area contributed by atoms with Crippen LogP contribution in [-0.2, 0) is 0 Å². The number of fused-ring (bicyclic) bond motifs is 1. The molecule has 3 heterocycles. The first-order chi connectivity index (χ1) is 12.2. The van der Waals surface area contributed by atoms with Gasteiger partial charge in [0.25, 0.3) is 5.91 Å². The Bertz CT molecular complexity index is 749. The molecule has 8 heteroatoms. The fraction of sp³-hybridized carbons (Fsp3) is 0.412. The molecule has 132 valence electrons. The van der Waals surface area contributed by atoms with Gasteiger partial charge in [-0.1, -0.05) is 6.07 Å². The van der Waals surface area contributed by atoms with Crippen LogP contribution in [0, 0.1) is 0 Å². The summed E-state index contributed by atoms with van der Waals surface area (Å²) in [7, 11) is 0. The van der Waals surface area contributed by atoms with Crippen molar-refractivity contribution in [3.8, 4) is 17.2 Å². The number of carbonyl (C=O) groups is 1. The second-order valence-electron chi connectivity index (χ2n) is 6.03. The maximum Gasteiger partial charge on any atom is 0.257 e. The SMILES string of the molecule is O=C(c1cn[nH]c1)N1CC[C@@H](Oc2cccc3c2OCCO3)[C@H](O)C1. The second kappa shape index (κ2) is 6.64. The first-order valence-electron chi connectivity index (χ1n) is 8.24. The van der Waals surface area contributed by atoms with Crippen molar-refractivity contribution >= 4 is 5.91 Å². The molecule has 1 aromatic heterocycles. The van der Waals surface area contributed by atoms with Gasteiger partial charge in [-0.3, -0.25) is 9.89 Å². The molecule has 0 aliphatic carbocycles. The van der Waals surface area contributed by atoms with Crippen molar-refractivity contribution in [1.29, 1.82) is 0 Å². The lowest BCUT2D eigenvalue weighted by atomic mass is 10.0. The van der Waals surface area contributed by atoms with Crippen LogP contribution >= 0.6 is 0 Å². The number of ether oxygens (including phenoxy) is 3. The number of nitrogens with zero attached hydrogens (tertiary/aromatic N) is 2. The van der Waals surface area contributed by atoms with Crippen LogP contribution in [0.3, 0.4) is 0 Å². The summed E-state index contributed by atoms with van der Waals surface area (Å²) in [5.41, 5.74) is 0.481. The van der Waals surface area contributed by atoms with Crippen LogP contribution in [-0.4, -0.2) is 64.6 Å². The smallest absolute Gasteiger partial charge is 0.257 e. The first-order valence-corrected chi connectivity index (χ1v) is 8.24. The van der Waals surface area contributed by atoms with E-state index in [1.807, 2.05) is 12.1 Å². The molecule has 1 fully saturated rings. The minimum absolute atomic E-state index is 0.153. The number of hydrogen-bond acceptors (Lipinski definition) is 6. The summed E-state index contributed by atoms with van der Waals surface area (Å²) in [6, 6.07) is 5.44. The molecule has 0 spiro atoms. The zero-order chi connectivity index (χ0) is 17.2. The van der Waals surface area contributed by atoms with E-state index >= 15 is 0 Å². The Labute approximate surface area is 144 Å². The molecule has 2 atom stereocenters. The van der Waals surface area contributed by atoms with E-state index in [9.17, 15) is 9.90 Å². The predicted molar refractivity (Wildman–Crippen MR) is 87.0 cm³/mol. The molecule has 2 aliphatic rings. The summed E-state index contributed by atoms with van der Waals surface area (Å²) < 4.78 is 17.1. The fourth-order valence-electron chi connectivity index (χ4n) is 3.09. The van der Waals surface area contributed by atoms with E-state index in [2.05, 4.69) is 10.2 Å². The Balaban J connectivity index is 1.43. The van der Waals surface area contributed by atoms with Crippen molar-refractivity contribution < 1.29 is 24.1 Å². The van der Waals surface area contributed by atoms with Crippen molar-refractivity contribution in [1.82, 2.24) is 15.1 Å². The Morgan fingerprint density at radius 3 is 3.04 bits per heavy atom. The molecule has 2 N–H and O–H groups in total. The monoisotopic (exact) mass is 345 g/mol. The highest BCUT2D eigenvalue weighted by molar-refractivity contribution is 5.93. The van der Waals surface area contributed by atoms with Gasteiger partial charge in [-0.2, -0.15) is 5.10 Å². The number of para-hydroxylation sites is 1. The van der Waals surface area contributed by atoms with E-state index in [-0.39, 0.29) is 12.5 Å². The quantitative estimate of drug-likeness (QED) is 0.855. The van der Waals surface area contributed by atoms with Gasteiger partial charge in [0.2, 0.25) is 5.75 Å². The molecule has 4 rings (SSSR count). The molecular formula is C17H19N3O5. The summed E-state index contributed by atoms with van der Waals surface area (Å²) in [4.78, 5) is 13.9. The van der Waals surface area contributed by atoms with Gasteiger partial charge in [0.05, 0.1) is 18.3 Å². The van der Waals surface area contributed by atoms with Crippen LogP contribution in [0.1, 0.15) is 16.8 Å². The molecule has 1 amide bonds. The average molecular weight is 345 g/mol. The molecule has 0 radical (unpaired) electrons. The maximum absolute atomic E-state index is 12.3. The van der Waals surface area contributed by atoms with Crippen LogP contribution in [0.25, 0.3) is 0 Å². The number of piperidine rings is 1. The largest absolute Gasteiger partial charge is 0.486 e. The predicted octanol–water partition coefficient (Wildman–Crippen LogP) is 0.835. The molecule has 0 bridgehead atoms. The van der Waals surface area contributed by atoms with Crippen molar-refractivity contribution in [3.63, 3.8) is 0 Å². The highest BCUT2D eigenvalue weighted by Crippen LogP contribution is 2.40. The molecule has 1 saturated heterocycles. The molecule has 2 aliphatic heterocycles. The van der Waals surface area contributed by atoms with E-state index in [4.69, 9.17) is 14.2 Å². The van der Waals surface area contributed by atoms with Gasteiger partial charge < -0.3 is 24.2 Å². The van der Waals surface area contributed by atoms with E-state index in [0.717, 1.165) is 0 Å². The van der Waals surface area contributed by atoms with E-state index in [1.54, 1.807) is 17.2 Å². The minimum atomic E-state index is -0.787. The van der Waals surface area contributed by atoms with Crippen LogP contribution in [0.5, 0.6) is 17.2 Å². The number of carbonyl (C=O) groups excluding carboxylic acids is 1. The topological polar surface area (TPSA) is 96.9 Å². The normalized spacial score (nSPS) is 22.5. The highest BCUT2D eigenvalue weighted by Gasteiger charge is 2.33. The Hall–Kier alpha value is -2.74. The molecule has 8 nitrogen and oxygen atoms in total. The van der Waals surface area contributed by atoms with Gasteiger partial charge in [-0.25, -0.2) is 0 Å². The van der Waals surface area contributed by atoms with E-state index < -0.39 is 12.2 Å². The number of nitrogens with one attached hydrogen (secondary N) is 1. The van der Waals surface area contributed by atoms with E-state index in [1.165, 1.54) is 6.20 Å². The third kappa shape index (κ3) is 3.12. The minimum Gasteiger partial charge on any atom is -0.486 e. The van der Waals surface area contributed by atoms with Crippen LogP contribution < -0.4 is 14.2 Å². The van der Waals surface area contributed by atoms with Gasteiger partial charge in [0, 0.05) is 19.2 Å². The number of benzene rings is 1. The molecular weight excluding hydrogens is 326 g/mol.